The molecule has 0 saturated heterocycles. The number of benzene rings is 1. The molecule has 0 aromatic heterocycles. The van der Waals surface area contributed by atoms with Crippen molar-refractivity contribution in [1.29, 1.82) is 0 Å². The number of carbonyl (C=O) groups is 2. The summed E-state index contributed by atoms with van der Waals surface area (Å²) in [7, 11) is 0. The smallest absolute Gasteiger partial charge is 0.338 e. The number of rotatable bonds is 5. The minimum absolute atomic E-state index is 0.125. The van der Waals surface area contributed by atoms with Crippen LogP contribution in [0.25, 0.3) is 0 Å². The summed E-state index contributed by atoms with van der Waals surface area (Å²) in [5, 5.41) is 15.2. The van der Waals surface area contributed by atoms with Gasteiger partial charge < -0.3 is 19.7 Å². The highest BCUT2D eigenvalue weighted by molar-refractivity contribution is 6.03. The number of carbonyl (C=O) groups excluding carboxylic acids is 2. The third-order valence-corrected chi connectivity index (χ3v) is 2.02. The highest BCUT2D eigenvalue weighted by Gasteiger charge is 2.17. The lowest BCUT2D eigenvalue weighted by atomic mass is 10.1. The van der Waals surface area contributed by atoms with E-state index in [1.807, 2.05) is 13.8 Å². The van der Waals surface area contributed by atoms with Gasteiger partial charge in [-0.1, -0.05) is 24.3 Å². The maximum Gasteiger partial charge on any atom is 0.338 e. The fourth-order valence-electron chi connectivity index (χ4n) is 1.26. The SMILES string of the molecule is C=CC.C=CC.CCOC(=O)c1ccccc1C(=O)OCC.OCCO. The number of aliphatic hydroxyl groups excluding tert-OH is 2. The van der Waals surface area contributed by atoms with Crippen LogP contribution >= 0.6 is 0 Å². The molecule has 0 unspecified atom stereocenters. The Morgan fingerprint density at radius 3 is 1.35 bits per heavy atom. The zero-order valence-corrected chi connectivity index (χ0v) is 16.2. The molecule has 0 aliphatic heterocycles. The second kappa shape index (κ2) is 22.6. The molecule has 6 heteroatoms. The van der Waals surface area contributed by atoms with Crippen LogP contribution in [0.15, 0.2) is 49.6 Å². The third kappa shape index (κ3) is 16.4. The number of hydrogen-bond acceptors (Lipinski definition) is 6. The van der Waals surface area contributed by atoms with Gasteiger partial charge in [0.05, 0.1) is 37.6 Å². The molecule has 0 fully saturated rings. The molecule has 0 heterocycles. The molecule has 0 aliphatic rings. The van der Waals surface area contributed by atoms with Crippen LogP contribution in [-0.4, -0.2) is 48.6 Å². The van der Waals surface area contributed by atoms with Crippen molar-refractivity contribution in [3.63, 3.8) is 0 Å². The van der Waals surface area contributed by atoms with E-state index >= 15 is 0 Å². The van der Waals surface area contributed by atoms with Gasteiger partial charge in [0.15, 0.2) is 0 Å². The molecule has 0 aliphatic carbocycles. The largest absolute Gasteiger partial charge is 0.462 e. The lowest BCUT2D eigenvalue weighted by Gasteiger charge is -2.07. The molecule has 1 aromatic rings. The van der Waals surface area contributed by atoms with E-state index in [-0.39, 0.29) is 37.6 Å². The van der Waals surface area contributed by atoms with Crippen LogP contribution in [0.1, 0.15) is 48.4 Å². The molecule has 0 saturated carbocycles. The number of hydrogen-bond donors (Lipinski definition) is 2. The average molecular weight is 368 g/mol. The Balaban J connectivity index is -0.000000439. The maximum atomic E-state index is 11.5. The molecule has 0 radical (unpaired) electrons. The first kappa shape index (κ1) is 28.4. The summed E-state index contributed by atoms with van der Waals surface area (Å²) < 4.78 is 9.70. The van der Waals surface area contributed by atoms with Gasteiger partial charge in [0.25, 0.3) is 0 Å². The lowest BCUT2D eigenvalue weighted by Crippen LogP contribution is -2.13. The third-order valence-electron chi connectivity index (χ3n) is 2.02. The van der Waals surface area contributed by atoms with Gasteiger partial charge in [-0.05, 0) is 39.8 Å². The Morgan fingerprint density at radius 2 is 1.15 bits per heavy atom. The van der Waals surface area contributed by atoms with Crippen molar-refractivity contribution in [2.75, 3.05) is 26.4 Å². The van der Waals surface area contributed by atoms with E-state index in [1.165, 1.54) is 0 Å². The van der Waals surface area contributed by atoms with Crippen LogP contribution in [0, 0.1) is 0 Å². The summed E-state index contributed by atoms with van der Waals surface area (Å²) in [5.74, 6) is -1.02. The predicted octanol–water partition coefficient (Wildman–Crippen LogP) is 3.40. The Bertz CT molecular complexity index is 452. The summed E-state index contributed by atoms with van der Waals surface area (Å²) in [5.41, 5.74) is 0.477. The molecule has 1 aromatic carbocycles. The van der Waals surface area contributed by atoms with Gasteiger partial charge >= 0.3 is 11.9 Å². The first-order valence-corrected chi connectivity index (χ1v) is 8.24. The topological polar surface area (TPSA) is 93.1 Å². The van der Waals surface area contributed by atoms with Crippen molar-refractivity contribution in [3.8, 4) is 0 Å². The highest BCUT2D eigenvalue weighted by atomic mass is 16.5. The van der Waals surface area contributed by atoms with Gasteiger partial charge in [0, 0.05) is 0 Å². The number of allylic oxidation sites excluding steroid dienone is 2. The number of ether oxygens (including phenoxy) is 2. The number of aliphatic hydroxyl groups is 2. The molecule has 2 N–H and O–H groups in total. The summed E-state index contributed by atoms with van der Waals surface area (Å²) in [4.78, 5) is 23.1. The fraction of sp³-hybridized carbons (Fsp3) is 0.400. The zero-order valence-electron chi connectivity index (χ0n) is 16.2. The van der Waals surface area contributed by atoms with Crippen LogP contribution in [0.5, 0.6) is 0 Å². The van der Waals surface area contributed by atoms with Gasteiger partial charge in [-0.3, -0.25) is 0 Å². The monoisotopic (exact) mass is 368 g/mol. The fourth-order valence-corrected chi connectivity index (χ4v) is 1.26. The summed E-state index contributed by atoms with van der Waals surface area (Å²) >= 11 is 0. The Morgan fingerprint density at radius 1 is 0.885 bits per heavy atom. The standard InChI is InChI=1S/C12H14O4.2C3H6.C2H6O2/c1-3-15-11(13)9-7-5-6-8-10(9)12(14)16-4-2;2*1-3-2;3-1-2-4/h5-8H,3-4H2,1-2H3;2*3H,1H2,2H3;3-4H,1-2H2. The van der Waals surface area contributed by atoms with E-state index in [0.29, 0.717) is 0 Å². The molecular formula is C20H32O6. The van der Waals surface area contributed by atoms with Gasteiger partial charge in [-0.2, -0.15) is 0 Å². The van der Waals surface area contributed by atoms with Crippen molar-refractivity contribution in [1.82, 2.24) is 0 Å². The molecule has 0 atom stereocenters. The molecular weight excluding hydrogens is 336 g/mol. The van der Waals surface area contributed by atoms with Gasteiger partial charge in [0.1, 0.15) is 0 Å². The van der Waals surface area contributed by atoms with Crippen LogP contribution in [0.2, 0.25) is 0 Å². The van der Waals surface area contributed by atoms with Crippen molar-refractivity contribution in [3.05, 3.63) is 60.7 Å². The van der Waals surface area contributed by atoms with Crippen LogP contribution < -0.4 is 0 Å². The first-order chi connectivity index (χ1) is 12.4. The van der Waals surface area contributed by atoms with Crippen LogP contribution in [0.3, 0.4) is 0 Å². The Labute approximate surface area is 156 Å². The maximum absolute atomic E-state index is 11.5. The van der Waals surface area contributed by atoms with E-state index in [0.717, 1.165) is 0 Å². The second-order valence-corrected chi connectivity index (χ2v) is 4.25. The molecule has 1 rings (SSSR count). The van der Waals surface area contributed by atoms with E-state index < -0.39 is 11.9 Å². The zero-order chi connectivity index (χ0) is 20.8. The Hall–Kier alpha value is -2.44. The van der Waals surface area contributed by atoms with Gasteiger partial charge in [0.2, 0.25) is 0 Å². The molecule has 0 spiro atoms. The van der Waals surface area contributed by atoms with Crippen molar-refractivity contribution in [2.45, 2.75) is 27.7 Å². The quantitative estimate of drug-likeness (QED) is 0.611. The van der Waals surface area contributed by atoms with Crippen molar-refractivity contribution >= 4 is 11.9 Å². The van der Waals surface area contributed by atoms with E-state index in [2.05, 4.69) is 13.2 Å². The minimum atomic E-state index is -0.508. The Kier molecular flexibility index (Phi) is 24.6. The number of esters is 2. The molecule has 0 bridgehead atoms. The highest BCUT2D eigenvalue weighted by Crippen LogP contribution is 2.11. The summed E-state index contributed by atoms with van der Waals surface area (Å²) in [6.45, 7) is 14.2. The van der Waals surface area contributed by atoms with E-state index in [9.17, 15) is 9.59 Å². The van der Waals surface area contributed by atoms with E-state index in [4.69, 9.17) is 19.7 Å². The normalized spacial score (nSPS) is 8.08. The molecule has 6 nitrogen and oxygen atoms in total. The van der Waals surface area contributed by atoms with Crippen molar-refractivity contribution < 1.29 is 29.3 Å². The minimum Gasteiger partial charge on any atom is -0.462 e. The molecule has 26 heavy (non-hydrogen) atoms. The van der Waals surface area contributed by atoms with Crippen LogP contribution in [0.4, 0.5) is 0 Å². The van der Waals surface area contributed by atoms with Gasteiger partial charge in [-0.15, -0.1) is 13.2 Å². The molecule has 0 amide bonds. The first-order valence-electron chi connectivity index (χ1n) is 8.24. The van der Waals surface area contributed by atoms with E-state index in [1.54, 1.807) is 50.3 Å². The summed E-state index contributed by atoms with van der Waals surface area (Å²) in [6.07, 6.45) is 3.50. The second-order valence-electron chi connectivity index (χ2n) is 4.25. The summed E-state index contributed by atoms with van der Waals surface area (Å²) in [6, 6.07) is 6.44. The van der Waals surface area contributed by atoms with Gasteiger partial charge in [-0.25, -0.2) is 9.59 Å². The lowest BCUT2D eigenvalue weighted by molar-refractivity contribution is 0.0479. The van der Waals surface area contributed by atoms with Crippen molar-refractivity contribution in [2.24, 2.45) is 0 Å². The predicted molar refractivity (Wildman–Crippen MR) is 104 cm³/mol. The average Bonchev–Trinajstić information content (AvgIpc) is 2.63. The van der Waals surface area contributed by atoms with Crippen LogP contribution in [-0.2, 0) is 9.47 Å². The molecule has 148 valence electrons.